The molecule has 1 rings (SSSR count). The predicted molar refractivity (Wildman–Crippen MR) is 65.9 cm³/mol. The van der Waals surface area contributed by atoms with Gasteiger partial charge in [-0.1, -0.05) is 22.0 Å². The van der Waals surface area contributed by atoms with Crippen LogP contribution in [-0.2, 0) is 4.79 Å². The smallest absolute Gasteiger partial charge is 0.238 e. The van der Waals surface area contributed by atoms with Crippen LogP contribution in [0.1, 0.15) is 6.92 Å². The molecule has 0 heterocycles. The number of carbonyl (C=O) groups is 1. The van der Waals surface area contributed by atoms with Gasteiger partial charge in [0.25, 0.3) is 0 Å². The molecule has 0 aliphatic carbocycles. The lowest BCUT2D eigenvalue weighted by Gasteiger charge is -2.00. The number of aliphatic hydroxyl groups excluding tert-OH is 1. The molecular weight excluding hydrogens is 290 g/mol. The van der Waals surface area contributed by atoms with Crippen molar-refractivity contribution in [3.63, 3.8) is 0 Å². The highest BCUT2D eigenvalue weighted by Gasteiger charge is 2.14. The zero-order valence-electron chi connectivity index (χ0n) is 8.40. The molecule has 0 unspecified atom stereocenters. The van der Waals surface area contributed by atoms with Gasteiger partial charge in [0.05, 0.1) is 0 Å². The van der Waals surface area contributed by atoms with E-state index in [-0.39, 0.29) is 11.3 Å². The normalized spacial score (nSPS) is 11.6. The molecule has 1 N–H and O–H groups in total. The summed E-state index contributed by atoms with van der Waals surface area (Å²) in [5.74, 6) is -0.255. The van der Waals surface area contributed by atoms with Crippen molar-refractivity contribution in [2.75, 3.05) is 0 Å². The predicted octanol–water partition coefficient (Wildman–Crippen LogP) is 3.42. The van der Waals surface area contributed by atoms with Crippen LogP contribution in [0.2, 0.25) is 0 Å². The maximum absolute atomic E-state index is 11.6. The van der Waals surface area contributed by atoms with Crippen LogP contribution in [0, 0.1) is 11.3 Å². The van der Waals surface area contributed by atoms with Gasteiger partial charge in [-0.05, 0) is 36.9 Å². The number of hydrogen-bond acceptors (Lipinski definition) is 4. The Hall–Kier alpha value is -1.25. The van der Waals surface area contributed by atoms with Crippen LogP contribution in [-0.4, -0.2) is 10.2 Å². The SMILES string of the molecule is C/C(O)=C(\C#N)C(=O)Sc1cccc(Br)c1. The van der Waals surface area contributed by atoms with Crippen LogP contribution in [0.3, 0.4) is 0 Å². The molecule has 1 aromatic carbocycles. The second kappa shape index (κ2) is 5.73. The maximum atomic E-state index is 11.6. The lowest BCUT2D eigenvalue weighted by atomic mass is 10.3. The minimum absolute atomic E-state index is 0.218. The van der Waals surface area contributed by atoms with Crippen LogP contribution in [0.5, 0.6) is 0 Å². The first kappa shape index (κ1) is 12.8. The minimum atomic E-state index is -0.458. The third-order valence-corrected chi connectivity index (χ3v) is 3.06. The number of nitrogens with zero attached hydrogens (tertiary/aromatic N) is 1. The first-order valence-corrected chi connectivity index (χ1v) is 5.93. The minimum Gasteiger partial charge on any atom is -0.511 e. The van der Waals surface area contributed by atoms with E-state index in [1.165, 1.54) is 6.92 Å². The van der Waals surface area contributed by atoms with Crippen molar-refractivity contribution in [1.29, 1.82) is 5.26 Å². The van der Waals surface area contributed by atoms with Gasteiger partial charge in [-0.2, -0.15) is 5.26 Å². The standard InChI is InChI=1S/C11H8BrNO2S/c1-7(14)10(6-13)11(15)16-9-4-2-3-8(12)5-9/h2-5,14H,1H3/b10-7-. The van der Waals surface area contributed by atoms with E-state index in [1.54, 1.807) is 24.3 Å². The largest absolute Gasteiger partial charge is 0.511 e. The van der Waals surface area contributed by atoms with Crippen molar-refractivity contribution < 1.29 is 9.90 Å². The van der Waals surface area contributed by atoms with Crippen molar-refractivity contribution in [2.45, 2.75) is 11.8 Å². The fourth-order valence-electron chi connectivity index (χ4n) is 0.963. The van der Waals surface area contributed by atoms with Crippen molar-refractivity contribution in [3.8, 4) is 6.07 Å². The molecule has 0 aliphatic rings. The number of halogens is 1. The highest BCUT2D eigenvalue weighted by atomic mass is 79.9. The van der Waals surface area contributed by atoms with Crippen LogP contribution in [0.4, 0.5) is 0 Å². The van der Waals surface area contributed by atoms with Crippen molar-refractivity contribution in [3.05, 3.63) is 40.1 Å². The van der Waals surface area contributed by atoms with Crippen molar-refractivity contribution in [2.24, 2.45) is 0 Å². The molecule has 0 radical (unpaired) electrons. The van der Waals surface area contributed by atoms with Gasteiger partial charge in [0.15, 0.2) is 0 Å². The lowest BCUT2D eigenvalue weighted by Crippen LogP contribution is -1.98. The zero-order chi connectivity index (χ0) is 12.1. The fraction of sp³-hybridized carbons (Fsp3) is 0.0909. The van der Waals surface area contributed by atoms with E-state index in [0.29, 0.717) is 4.90 Å². The molecule has 82 valence electrons. The Morgan fingerprint density at radius 2 is 2.25 bits per heavy atom. The molecule has 0 amide bonds. The molecule has 0 bridgehead atoms. The summed E-state index contributed by atoms with van der Waals surface area (Å²) in [5, 5.41) is 17.4. The number of benzene rings is 1. The van der Waals surface area contributed by atoms with Gasteiger partial charge in [-0.15, -0.1) is 0 Å². The summed E-state index contributed by atoms with van der Waals surface area (Å²) in [6.45, 7) is 1.32. The van der Waals surface area contributed by atoms with Crippen LogP contribution < -0.4 is 0 Å². The highest BCUT2D eigenvalue weighted by Crippen LogP contribution is 2.25. The summed E-state index contributed by atoms with van der Waals surface area (Å²) in [5.41, 5.74) is -0.218. The molecule has 3 nitrogen and oxygen atoms in total. The van der Waals surface area contributed by atoms with Crippen LogP contribution in [0.15, 0.2) is 45.0 Å². The van der Waals surface area contributed by atoms with Crippen LogP contribution >= 0.6 is 27.7 Å². The van der Waals surface area contributed by atoms with E-state index in [9.17, 15) is 4.79 Å². The Morgan fingerprint density at radius 3 is 2.75 bits per heavy atom. The second-order valence-electron chi connectivity index (χ2n) is 2.92. The fourth-order valence-corrected chi connectivity index (χ4v) is 2.36. The molecule has 0 saturated carbocycles. The molecule has 0 aromatic heterocycles. The highest BCUT2D eigenvalue weighted by molar-refractivity contribution is 9.10. The molecule has 0 saturated heterocycles. The van der Waals surface area contributed by atoms with E-state index < -0.39 is 5.12 Å². The van der Waals surface area contributed by atoms with Gasteiger partial charge in [0, 0.05) is 9.37 Å². The van der Waals surface area contributed by atoms with E-state index >= 15 is 0 Å². The number of allylic oxidation sites excluding steroid dienone is 1. The molecule has 0 atom stereocenters. The van der Waals surface area contributed by atoms with Crippen LogP contribution in [0.25, 0.3) is 0 Å². The average molecular weight is 298 g/mol. The van der Waals surface area contributed by atoms with Gasteiger partial charge >= 0.3 is 0 Å². The molecule has 5 heteroatoms. The summed E-state index contributed by atoms with van der Waals surface area (Å²) in [6.07, 6.45) is 0. The third-order valence-electron chi connectivity index (χ3n) is 1.68. The number of hydrogen-bond donors (Lipinski definition) is 1. The second-order valence-corrected chi connectivity index (χ2v) is 4.88. The van der Waals surface area contributed by atoms with Gasteiger partial charge in [0.2, 0.25) is 5.12 Å². The van der Waals surface area contributed by atoms with Gasteiger partial charge in [0.1, 0.15) is 17.4 Å². The number of nitriles is 1. The summed E-state index contributed by atoms with van der Waals surface area (Å²) in [7, 11) is 0. The number of carbonyl (C=O) groups excluding carboxylic acids is 1. The van der Waals surface area contributed by atoms with Crippen molar-refractivity contribution >= 4 is 32.8 Å². The molecule has 0 fully saturated rings. The summed E-state index contributed by atoms with van der Waals surface area (Å²) in [4.78, 5) is 12.3. The quantitative estimate of drug-likeness (QED) is 0.393. The maximum Gasteiger partial charge on any atom is 0.238 e. The zero-order valence-corrected chi connectivity index (χ0v) is 10.8. The topological polar surface area (TPSA) is 61.1 Å². The average Bonchev–Trinajstić information content (AvgIpc) is 2.17. The Labute approximate surface area is 106 Å². The Bertz CT molecular complexity index is 487. The van der Waals surface area contributed by atoms with Gasteiger partial charge in [-0.25, -0.2) is 0 Å². The molecule has 1 aromatic rings. The van der Waals surface area contributed by atoms with Gasteiger partial charge in [-0.3, -0.25) is 4.79 Å². The molecule has 0 spiro atoms. The van der Waals surface area contributed by atoms with Crippen molar-refractivity contribution in [1.82, 2.24) is 0 Å². The Morgan fingerprint density at radius 1 is 1.56 bits per heavy atom. The Balaban J connectivity index is 2.88. The number of thioether (sulfide) groups is 1. The first-order valence-electron chi connectivity index (χ1n) is 4.32. The van der Waals surface area contributed by atoms with E-state index in [0.717, 1.165) is 16.2 Å². The molecule has 16 heavy (non-hydrogen) atoms. The lowest BCUT2D eigenvalue weighted by molar-refractivity contribution is -0.107. The van der Waals surface area contributed by atoms with E-state index in [4.69, 9.17) is 10.4 Å². The number of aliphatic hydroxyl groups is 1. The summed E-state index contributed by atoms with van der Waals surface area (Å²) < 4.78 is 0.855. The summed E-state index contributed by atoms with van der Waals surface area (Å²) >= 11 is 4.19. The number of rotatable bonds is 2. The molecular formula is C11H8BrNO2S. The summed E-state index contributed by atoms with van der Waals surface area (Å²) in [6, 6.07) is 8.84. The first-order chi connectivity index (χ1) is 7.54. The molecule has 0 aliphatic heterocycles. The van der Waals surface area contributed by atoms with E-state index in [2.05, 4.69) is 15.9 Å². The van der Waals surface area contributed by atoms with Gasteiger partial charge < -0.3 is 5.11 Å². The third kappa shape index (κ3) is 3.40. The van der Waals surface area contributed by atoms with E-state index in [1.807, 2.05) is 6.07 Å². The Kier molecular flexibility index (Phi) is 4.59. The monoisotopic (exact) mass is 297 g/mol.